The summed E-state index contributed by atoms with van der Waals surface area (Å²) < 4.78 is 0. The molecule has 0 radical (unpaired) electrons. The first kappa shape index (κ1) is 9.71. The summed E-state index contributed by atoms with van der Waals surface area (Å²) in [7, 11) is 0. The van der Waals surface area contributed by atoms with Gasteiger partial charge < -0.3 is 5.32 Å². The smallest absolute Gasteiger partial charge is 0.0674 e. The van der Waals surface area contributed by atoms with Gasteiger partial charge in [-0.25, -0.2) is 0 Å². The van der Waals surface area contributed by atoms with E-state index in [1.54, 1.807) is 0 Å². The molecule has 14 heavy (non-hydrogen) atoms. The number of nitrogens with one attached hydrogen (secondary N) is 2. The van der Waals surface area contributed by atoms with Crippen LogP contribution in [0.5, 0.6) is 0 Å². The van der Waals surface area contributed by atoms with Gasteiger partial charge in [0, 0.05) is 24.7 Å². The molecule has 3 heteroatoms. The number of aromatic nitrogens is 2. The highest BCUT2D eigenvalue weighted by Gasteiger charge is 2.39. The summed E-state index contributed by atoms with van der Waals surface area (Å²) >= 11 is 0. The molecule has 0 unspecified atom stereocenters. The monoisotopic (exact) mass is 193 g/mol. The fourth-order valence-electron chi connectivity index (χ4n) is 2.32. The van der Waals surface area contributed by atoms with E-state index in [9.17, 15) is 0 Å². The second kappa shape index (κ2) is 3.39. The van der Waals surface area contributed by atoms with Crippen LogP contribution in [-0.4, -0.2) is 23.3 Å². The molecule has 3 nitrogen and oxygen atoms in total. The third-order valence-corrected chi connectivity index (χ3v) is 3.61. The Bertz CT molecular complexity index is 318. The number of hydrogen-bond donors (Lipinski definition) is 2. The van der Waals surface area contributed by atoms with Crippen LogP contribution in [-0.2, 0) is 0 Å². The van der Waals surface area contributed by atoms with Crippen LogP contribution in [0.25, 0.3) is 0 Å². The lowest BCUT2D eigenvalue weighted by Crippen LogP contribution is -2.24. The van der Waals surface area contributed by atoms with Crippen LogP contribution in [0.2, 0.25) is 0 Å². The lowest BCUT2D eigenvalue weighted by Gasteiger charge is -2.27. The van der Waals surface area contributed by atoms with Crippen molar-refractivity contribution in [2.75, 3.05) is 13.1 Å². The topological polar surface area (TPSA) is 40.7 Å². The summed E-state index contributed by atoms with van der Waals surface area (Å²) in [4.78, 5) is 0. The largest absolute Gasteiger partial charge is 0.315 e. The number of hydrogen-bond acceptors (Lipinski definition) is 2. The number of rotatable bonds is 2. The minimum atomic E-state index is 0.377. The first-order valence-electron chi connectivity index (χ1n) is 5.38. The van der Waals surface area contributed by atoms with Crippen molar-refractivity contribution in [1.82, 2.24) is 15.5 Å². The van der Waals surface area contributed by atoms with Gasteiger partial charge in [0.2, 0.25) is 0 Å². The summed E-state index contributed by atoms with van der Waals surface area (Å²) in [6.07, 6.45) is 1.20. The standard InChI is InChI=1S/C11H19N3/c1-4-11(3)7-12-6-9(11)10-5-8(2)13-14-10/h5,9,12H,4,6-7H2,1-3H3,(H,13,14)/t9-,11+/m0/s1. The van der Waals surface area contributed by atoms with Crippen molar-refractivity contribution in [3.05, 3.63) is 17.5 Å². The highest BCUT2D eigenvalue weighted by molar-refractivity contribution is 5.18. The Kier molecular flexibility index (Phi) is 2.35. The normalized spacial score (nSPS) is 32.4. The molecule has 1 aliphatic heterocycles. The Balaban J connectivity index is 2.26. The SMILES string of the molecule is CC[C@]1(C)CNC[C@H]1c1cc(C)[nH]n1. The zero-order chi connectivity index (χ0) is 10.2. The first-order chi connectivity index (χ1) is 6.65. The molecule has 0 aliphatic carbocycles. The van der Waals surface area contributed by atoms with E-state index in [4.69, 9.17) is 0 Å². The maximum atomic E-state index is 4.38. The van der Waals surface area contributed by atoms with E-state index in [1.807, 2.05) is 0 Å². The van der Waals surface area contributed by atoms with Gasteiger partial charge in [-0.2, -0.15) is 5.10 Å². The second-order valence-electron chi connectivity index (χ2n) is 4.67. The molecule has 0 amide bonds. The van der Waals surface area contributed by atoms with E-state index in [2.05, 4.69) is 42.4 Å². The van der Waals surface area contributed by atoms with Crippen molar-refractivity contribution < 1.29 is 0 Å². The minimum Gasteiger partial charge on any atom is -0.315 e. The molecule has 1 aliphatic rings. The Labute approximate surface area is 85.3 Å². The van der Waals surface area contributed by atoms with Crippen molar-refractivity contribution in [1.29, 1.82) is 0 Å². The van der Waals surface area contributed by atoms with E-state index in [1.165, 1.54) is 12.1 Å². The zero-order valence-corrected chi connectivity index (χ0v) is 9.22. The second-order valence-corrected chi connectivity index (χ2v) is 4.67. The molecule has 1 saturated heterocycles. The number of aromatic amines is 1. The molecule has 1 fully saturated rings. The van der Waals surface area contributed by atoms with Crippen LogP contribution in [0.4, 0.5) is 0 Å². The van der Waals surface area contributed by atoms with Crippen LogP contribution in [0, 0.1) is 12.3 Å². The van der Waals surface area contributed by atoms with Crippen molar-refractivity contribution in [3.8, 4) is 0 Å². The summed E-state index contributed by atoms with van der Waals surface area (Å²) in [5.41, 5.74) is 2.75. The number of aryl methyl sites for hydroxylation is 1. The van der Waals surface area contributed by atoms with Crippen LogP contribution < -0.4 is 5.32 Å². The molecule has 0 aromatic carbocycles. The van der Waals surface area contributed by atoms with Crippen molar-refractivity contribution in [3.63, 3.8) is 0 Å². The molecule has 0 bridgehead atoms. The Morgan fingerprint density at radius 3 is 3.00 bits per heavy atom. The Morgan fingerprint density at radius 2 is 2.43 bits per heavy atom. The van der Waals surface area contributed by atoms with E-state index in [0.717, 1.165) is 18.8 Å². The zero-order valence-electron chi connectivity index (χ0n) is 9.22. The summed E-state index contributed by atoms with van der Waals surface area (Å²) in [6.45, 7) is 8.85. The summed E-state index contributed by atoms with van der Waals surface area (Å²) in [6, 6.07) is 2.17. The van der Waals surface area contributed by atoms with Gasteiger partial charge in [0.05, 0.1) is 5.69 Å². The van der Waals surface area contributed by atoms with Gasteiger partial charge in [-0.05, 0) is 24.8 Å². The van der Waals surface area contributed by atoms with E-state index < -0.39 is 0 Å². The molecule has 1 aromatic rings. The van der Waals surface area contributed by atoms with Crippen LogP contribution >= 0.6 is 0 Å². The van der Waals surface area contributed by atoms with Gasteiger partial charge in [-0.3, -0.25) is 5.10 Å². The predicted octanol–water partition coefficient (Wildman–Crippen LogP) is 1.82. The third-order valence-electron chi connectivity index (χ3n) is 3.61. The maximum absolute atomic E-state index is 4.38. The summed E-state index contributed by atoms with van der Waals surface area (Å²) in [5.74, 6) is 0.567. The fourth-order valence-corrected chi connectivity index (χ4v) is 2.32. The van der Waals surface area contributed by atoms with Crippen molar-refractivity contribution >= 4 is 0 Å². The van der Waals surface area contributed by atoms with Gasteiger partial charge in [-0.1, -0.05) is 13.8 Å². The van der Waals surface area contributed by atoms with Gasteiger partial charge in [0.1, 0.15) is 0 Å². The van der Waals surface area contributed by atoms with Gasteiger partial charge in [0.15, 0.2) is 0 Å². The average molecular weight is 193 g/mol. The molecule has 2 atom stereocenters. The molecular weight excluding hydrogens is 174 g/mol. The van der Waals surface area contributed by atoms with E-state index in [-0.39, 0.29) is 0 Å². The average Bonchev–Trinajstić information content (AvgIpc) is 2.73. The van der Waals surface area contributed by atoms with E-state index in [0.29, 0.717) is 11.3 Å². The quantitative estimate of drug-likeness (QED) is 0.752. The molecule has 2 N–H and O–H groups in total. The molecular formula is C11H19N3. The van der Waals surface area contributed by atoms with Crippen LogP contribution in [0.3, 0.4) is 0 Å². The Hall–Kier alpha value is -0.830. The Morgan fingerprint density at radius 1 is 1.64 bits per heavy atom. The van der Waals surface area contributed by atoms with Gasteiger partial charge >= 0.3 is 0 Å². The number of H-pyrrole nitrogens is 1. The van der Waals surface area contributed by atoms with Crippen LogP contribution in [0.15, 0.2) is 6.07 Å². The predicted molar refractivity (Wildman–Crippen MR) is 57.3 cm³/mol. The van der Waals surface area contributed by atoms with Crippen molar-refractivity contribution in [2.45, 2.75) is 33.1 Å². The lowest BCUT2D eigenvalue weighted by molar-refractivity contribution is 0.304. The molecule has 78 valence electrons. The third kappa shape index (κ3) is 1.46. The van der Waals surface area contributed by atoms with Gasteiger partial charge in [0.25, 0.3) is 0 Å². The molecule has 2 rings (SSSR count). The first-order valence-corrected chi connectivity index (χ1v) is 5.38. The maximum Gasteiger partial charge on any atom is 0.0674 e. The highest BCUT2D eigenvalue weighted by atomic mass is 15.1. The summed E-state index contributed by atoms with van der Waals surface area (Å²) in [5, 5.41) is 10.9. The van der Waals surface area contributed by atoms with Crippen LogP contribution in [0.1, 0.15) is 37.6 Å². The molecule has 0 spiro atoms. The number of nitrogens with zero attached hydrogens (tertiary/aromatic N) is 1. The van der Waals surface area contributed by atoms with E-state index >= 15 is 0 Å². The fraction of sp³-hybridized carbons (Fsp3) is 0.727. The highest BCUT2D eigenvalue weighted by Crippen LogP contribution is 2.40. The lowest BCUT2D eigenvalue weighted by atomic mass is 9.76. The minimum absolute atomic E-state index is 0.377. The molecule has 0 saturated carbocycles. The molecule has 1 aromatic heterocycles. The van der Waals surface area contributed by atoms with Gasteiger partial charge in [-0.15, -0.1) is 0 Å². The molecule has 2 heterocycles. The van der Waals surface area contributed by atoms with Crippen molar-refractivity contribution in [2.24, 2.45) is 5.41 Å².